The van der Waals surface area contributed by atoms with Gasteiger partial charge in [0.25, 0.3) is 0 Å². The van der Waals surface area contributed by atoms with Gasteiger partial charge in [-0.1, -0.05) is 37.3 Å². The van der Waals surface area contributed by atoms with Crippen molar-refractivity contribution in [1.82, 2.24) is 10.4 Å². The molecule has 0 spiro atoms. The molecule has 0 saturated carbocycles. The van der Waals surface area contributed by atoms with Gasteiger partial charge in [-0.2, -0.15) is 5.01 Å². The van der Waals surface area contributed by atoms with Gasteiger partial charge in [-0.15, -0.1) is 0 Å². The summed E-state index contributed by atoms with van der Waals surface area (Å²) in [7, 11) is 0. The van der Waals surface area contributed by atoms with E-state index < -0.39 is 18.4 Å². The van der Waals surface area contributed by atoms with E-state index in [1.807, 2.05) is 37.3 Å². The summed E-state index contributed by atoms with van der Waals surface area (Å²) in [6, 6.07) is 9.23. The smallest absolute Gasteiger partial charge is 0.421 e. The summed E-state index contributed by atoms with van der Waals surface area (Å²) in [5, 5.41) is 1.55. The standard InChI is InChI=1S/C18H24N2O6/c1-13(8-9-21)11-24-18(23)19-20-12-25-17(26-14(2)22)16(20)10-15-6-4-3-5-7-15/h3-7,9,13,16-17H,8,10-12H2,1-2H3,(H,19,23). The second-order valence-corrected chi connectivity index (χ2v) is 6.22. The lowest BCUT2D eigenvalue weighted by Gasteiger charge is -2.25. The molecule has 1 heterocycles. The lowest BCUT2D eigenvalue weighted by Crippen LogP contribution is -2.49. The average molecular weight is 364 g/mol. The molecule has 3 unspecified atom stereocenters. The van der Waals surface area contributed by atoms with E-state index in [-0.39, 0.29) is 25.3 Å². The molecule has 1 aliphatic rings. The molecule has 1 saturated heterocycles. The molecule has 26 heavy (non-hydrogen) atoms. The Balaban J connectivity index is 1.97. The maximum atomic E-state index is 12.0. The number of amides is 1. The van der Waals surface area contributed by atoms with Gasteiger partial charge in [0, 0.05) is 13.3 Å². The predicted molar refractivity (Wildman–Crippen MR) is 91.6 cm³/mol. The summed E-state index contributed by atoms with van der Waals surface area (Å²) in [6.45, 7) is 3.32. The summed E-state index contributed by atoms with van der Waals surface area (Å²) in [5.74, 6) is -0.512. The molecule has 1 aliphatic heterocycles. The van der Waals surface area contributed by atoms with E-state index in [0.29, 0.717) is 12.8 Å². The largest absolute Gasteiger partial charge is 0.448 e. The molecule has 8 heteroatoms. The molecule has 0 radical (unpaired) electrons. The monoisotopic (exact) mass is 364 g/mol. The Morgan fingerprint density at radius 1 is 1.38 bits per heavy atom. The topological polar surface area (TPSA) is 94.2 Å². The zero-order valence-electron chi connectivity index (χ0n) is 14.9. The van der Waals surface area contributed by atoms with Crippen molar-refractivity contribution in [1.29, 1.82) is 0 Å². The van der Waals surface area contributed by atoms with Gasteiger partial charge in [0.1, 0.15) is 13.0 Å². The fraction of sp³-hybridized carbons (Fsp3) is 0.500. The fourth-order valence-electron chi connectivity index (χ4n) is 2.56. The Bertz CT molecular complexity index is 609. The molecule has 142 valence electrons. The molecule has 8 nitrogen and oxygen atoms in total. The summed E-state index contributed by atoms with van der Waals surface area (Å²) >= 11 is 0. The van der Waals surface area contributed by atoms with Gasteiger partial charge in [0.05, 0.1) is 12.6 Å². The van der Waals surface area contributed by atoms with E-state index in [0.717, 1.165) is 11.8 Å². The van der Waals surface area contributed by atoms with Gasteiger partial charge in [-0.25, -0.2) is 4.79 Å². The zero-order chi connectivity index (χ0) is 18.9. The van der Waals surface area contributed by atoms with Crippen molar-refractivity contribution in [2.45, 2.75) is 39.0 Å². The molecule has 1 aromatic carbocycles. The van der Waals surface area contributed by atoms with Crippen LogP contribution in [-0.2, 0) is 30.2 Å². The molecule has 0 aliphatic carbocycles. The van der Waals surface area contributed by atoms with Gasteiger partial charge in [-0.3, -0.25) is 10.2 Å². The van der Waals surface area contributed by atoms with Crippen LogP contribution in [0.2, 0.25) is 0 Å². The number of esters is 1. The van der Waals surface area contributed by atoms with E-state index in [4.69, 9.17) is 14.2 Å². The second-order valence-electron chi connectivity index (χ2n) is 6.22. The minimum Gasteiger partial charge on any atom is -0.448 e. The van der Waals surface area contributed by atoms with Crippen molar-refractivity contribution in [2.75, 3.05) is 13.3 Å². The van der Waals surface area contributed by atoms with Gasteiger partial charge in [0.2, 0.25) is 6.29 Å². The van der Waals surface area contributed by atoms with Crippen LogP contribution in [0.4, 0.5) is 4.79 Å². The summed E-state index contributed by atoms with van der Waals surface area (Å²) in [6.07, 6.45) is 0.195. The number of hydrazine groups is 1. The molecule has 1 aromatic rings. The van der Waals surface area contributed by atoms with E-state index >= 15 is 0 Å². The predicted octanol–water partition coefficient (Wildman–Crippen LogP) is 1.64. The molecule has 0 aromatic heterocycles. The number of hydrogen-bond acceptors (Lipinski definition) is 7. The van der Waals surface area contributed by atoms with E-state index in [1.54, 1.807) is 5.01 Å². The molecular weight excluding hydrogens is 340 g/mol. The van der Waals surface area contributed by atoms with E-state index in [2.05, 4.69) is 5.43 Å². The molecule has 0 bridgehead atoms. The number of benzene rings is 1. The maximum Gasteiger partial charge on any atom is 0.421 e. The van der Waals surface area contributed by atoms with Crippen LogP contribution in [-0.4, -0.2) is 49.0 Å². The molecule has 1 N–H and O–H groups in total. The van der Waals surface area contributed by atoms with Crippen LogP contribution in [0.3, 0.4) is 0 Å². The summed E-state index contributed by atoms with van der Waals surface area (Å²) in [4.78, 5) is 33.8. The van der Waals surface area contributed by atoms with Crippen LogP contribution >= 0.6 is 0 Å². The highest BCUT2D eigenvalue weighted by molar-refractivity contribution is 5.67. The highest BCUT2D eigenvalue weighted by Crippen LogP contribution is 2.21. The van der Waals surface area contributed by atoms with Gasteiger partial charge in [-0.05, 0) is 17.9 Å². The van der Waals surface area contributed by atoms with E-state index in [1.165, 1.54) is 6.92 Å². The third-order valence-electron chi connectivity index (χ3n) is 3.89. The van der Waals surface area contributed by atoms with Crippen molar-refractivity contribution < 1.29 is 28.6 Å². The minimum absolute atomic E-state index is 0.0537. The number of carbonyl (C=O) groups is 3. The Morgan fingerprint density at radius 2 is 2.12 bits per heavy atom. The highest BCUT2D eigenvalue weighted by Gasteiger charge is 2.39. The molecule has 3 atom stereocenters. The summed E-state index contributed by atoms with van der Waals surface area (Å²) in [5.41, 5.74) is 3.63. The minimum atomic E-state index is -0.790. The Morgan fingerprint density at radius 3 is 2.77 bits per heavy atom. The maximum absolute atomic E-state index is 12.0. The van der Waals surface area contributed by atoms with Crippen LogP contribution in [0, 0.1) is 5.92 Å². The Labute approximate surface area is 152 Å². The zero-order valence-corrected chi connectivity index (χ0v) is 14.9. The molecular formula is C18H24N2O6. The number of hydrogen-bond donors (Lipinski definition) is 1. The van der Waals surface area contributed by atoms with Crippen molar-refractivity contribution in [3.05, 3.63) is 35.9 Å². The number of aldehydes is 1. The summed E-state index contributed by atoms with van der Waals surface area (Å²) < 4.78 is 15.8. The first-order chi connectivity index (χ1) is 12.5. The van der Waals surface area contributed by atoms with Crippen LogP contribution in [0.25, 0.3) is 0 Å². The first kappa shape index (κ1) is 19.9. The quantitative estimate of drug-likeness (QED) is 0.553. The molecule has 1 fully saturated rings. The lowest BCUT2D eigenvalue weighted by atomic mass is 10.1. The van der Waals surface area contributed by atoms with Gasteiger partial charge < -0.3 is 19.0 Å². The van der Waals surface area contributed by atoms with Crippen molar-refractivity contribution >= 4 is 18.3 Å². The van der Waals surface area contributed by atoms with Gasteiger partial charge in [0.15, 0.2) is 0 Å². The normalized spacial score (nSPS) is 21.0. The number of carbonyl (C=O) groups excluding carboxylic acids is 3. The van der Waals surface area contributed by atoms with Crippen LogP contribution < -0.4 is 5.43 Å². The second kappa shape index (κ2) is 9.88. The Hall–Kier alpha value is -2.45. The Kier molecular flexibility index (Phi) is 7.55. The third-order valence-corrected chi connectivity index (χ3v) is 3.89. The third kappa shape index (κ3) is 6.12. The first-order valence-electron chi connectivity index (χ1n) is 8.46. The molecule has 1 amide bonds. The van der Waals surface area contributed by atoms with Crippen LogP contribution in [0.5, 0.6) is 0 Å². The SMILES string of the molecule is CC(=O)OC1OCN(NC(=O)OCC(C)CC=O)C1Cc1ccccc1. The number of nitrogens with one attached hydrogen (secondary N) is 1. The van der Waals surface area contributed by atoms with Crippen molar-refractivity contribution in [3.8, 4) is 0 Å². The van der Waals surface area contributed by atoms with Crippen molar-refractivity contribution in [3.63, 3.8) is 0 Å². The average Bonchev–Trinajstić information content (AvgIpc) is 2.95. The number of ether oxygens (including phenoxy) is 3. The molecule has 2 rings (SSSR count). The lowest BCUT2D eigenvalue weighted by molar-refractivity contribution is -0.169. The highest BCUT2D eigenvalue weighted by atomic mass is 16.7. The number of rotatable bonds is 8. The van der Waals surface area contributed by atoms with E-state index in [9.17, 15) is 14.4 Å². The van der Waals surface area contributed by atoms with Crippen molar-refractivity contribution in [2.24, 2.45) is 5.92 Å². The first-order valence-corrected chi connectivity index (χ1v) is 8.46. The van der Waals surface area contributed by atoms with Crippen LogP contribution in [0.1, 0.15) is 25.8 Å². The fourth-order valence-corrected chi connectivity index (χ4v) is 2.56. The van der Waals surface area contributed by atoms with Crippen LogP contribution in [0.15, 0.2) is 30.3 Å². The van der Waals surface area contributed by atoms with Gasteiger partial charge >= 0.3 is 12.1 Å². The number of nitrogens with zero attached hydrogens (tertiary/aromatic N) is 1.